The molecule has 2 saturated heterocycles. The Balaban J connectivity index is 1.80. The number of benzene rings is 1. The Morgan fingerprint density at radius 1 is 1.21 bits per heavy atom. The summed E-state index contributed by atoms with van der Waals surface area (Å²) in [6.45, 7) is 1.68. The van der Waals surface area contributed by atoms with Crippen LogP contribution in [0.2, 0.25) is 0 Å². The summed E-state index contributed by atoms with van der Waals surface area (Å²) in [6.07, 6.45) is 3.55. The van der Waals surface area contributed by atoms with E-state index in [-0.39, 0.29) is 5.91 Å². The summed E-state index contributed by atoms with van der Waals surface area (Å²) in [5.41, 5.74) is 7.13. The van der Waals surface area contributed by atoms with Crippen LogP contribution in [0.1, 0.15) is 29.6 Å². The summed E-state index contributed by atoms with van der Waals surface area (Å²) in [6, 6.07) is 8.52. The van der Waals surface area contributed by atoms with Crippen molar-refractivity contribution in [2.45, 2.75) is 31.3 Å². The van der Waals surface area contributed by atoms with Gasteiger partial charge in [0.2, 0.25) is 0 Å². The van der Waals surface area contributed by atoms with Crippen LogP contribution in [0, 0.1) is 0 Å². The van der Waals surface area contributed by atoms with Gasteiger partial charge < -0.3 is 10.6 Å². The molecule has 0 radical (unpaired) electrons. The molecule has 0 saturated carbocycles. The number of likely N-dealkylation sites (tertiary alicyclic amines) is 1. The zero-order valence-electron chi connectivity index (χ0n) is 11.4. The van der Waals surface area contributed by atoms with Crippen LogP contribution < -0.4 is 5.73 Å². The Hall–Kier alpha value is -1.55. The minimum Gasteiger partial charge on any atom is -0.398 e. The first-order valence-electron chi connectivity index (χ1n) is 7.02. The van der Waals surface area contributed by atoms with Gasteiger partial charge in [-0.05, 0) is 38.4 Å². The molecule has 4 nitrogen and oxygen atoms in total. The lowest BCUT2D eigenvalue weighted by Crippen LogP contribution is -2.39. The average Bonchev–Trinajstić information content (AvgIpc) is 2.63. The van der Waals surface area contributed by atoms with Crippen molar-refractivity contribution in [3.05, 3.63) is 29.8 Å². The number of nitrogens with two attached hydrogens (primary N) is 1. The van der Waals surface area contributed by atoms with Crippen molar-refractivity contribution in [3.63, 3.8) is 0 Å². The first kappa shape index (κ1) is 12.5. The first-order chi connectivity index (χ1) is 9.16. The molecule has 3 rings (SSSR count). The van der Waals surface area contributed by atoms with Gasteiger partial charge in [0.1, 0.15) is 0 Å². The summed E-state index contributed by atoms with van der Waals surface area (Å²) in [4.78, 5) is 17.0. The smallest absolute Gasteiger partial charge is 0.255 e. The van der Waals surface area contributed by atoms with Crippen LogP contribution >= 0.6 is 0 Å². The van der Waals surface area contributed by atoms with Gasteiger partial charge >= 0.3 is 0 Å². The van der Waals surface area contributed by atoms with E-state index in [0.29, 0.717) is 23.3 Å². The molecule has 19 heavy (non-hydrogen) atoms. The van der Waals surface area contributed by atoms with Gasteiger partial charge in [-0.1, -0.05) is 12.1 Å². The fourth-order valence-electron chi connectivity index (χ4n) is 3.36. The number of hydrogen-bond donors (Lipinski definition) is 1. The number of amides is 1. The number of likely N-dealkylation sites (N-methyl/N-ethyl adjacent to an activating group) is 1. The second kappa shape index (κ2) is 4.85. The molecule has 1 aromatic rings. The average molecular weight is 259 g/mol. The van der Waals surface area contributed by atoms with Crippen molar-refractivity contribution < 1.29 is 4.79 Å². The lowest BCUT2D eigenvalue weighted by Gasteiger charge is -2.26. The van der Waals surface area contributed by atoms with Crippen LogP contribution in [0.4, 0.5) is 5.69 Å². The van der Waals surface area contributed by atoms with Gasteiger partial charge in [-0.3, -0.25) is 9.69 Å². The van der Waals surface area contributed by atoms with Gasteiger partial charge in [-0.25, -0.2) is 0 Å². The van der Waals surface area contributed by atoms with Crippen molar-refractivity contribution in [2.24, 2.45) is 0 Å². The summed E-state index contributed by atoms with van der Waals surface area (Å²) in [5, 5.41) is 0. The van der Waals surface area contributed by atoms with E-state index < -0.39 is 0 Å². The highest BCUT2D eigenvalue weighted by molar-refractivity contribution is 5.99. The second-order valence-electron chi connectivity index (χ2n) is 5.68. The van der Waals surface area contributed by atoms with Gasteiger partial charge in [0.25, 0.3) is 5.91 Å². The molecule has 1 aromatic carbocycles. The number of hydrogen-bond acceptors (Lipinski definition) is 3. The quantitative estimate of drug-likeness (QED) is 0.779. The van der Waals surface area contributed by atoms with Crippen LogP contribution in [0.15, 0.2) is 24.3 Å². The number of nitrogen functional groups attached to an aromatic ring is 1. The van der Waals surface area contributed by atoms with Crippen LogP contribution in [0.25, 0.3) is 0 Å². The molecule has 2 atom stereocenters. The third-order valence-corrected chi connectivity index (χ3v) is 4.63. The lowest BCUT2D eigenvalue weighted by molar-refractivity contribution is 0.0741. The molecule has 2 N–H and O–H groups in total. The van der Waals surface area contributed by atoms with Gasteiger partial charge in [0, 0.05) is 30.9 Å². The molecule has 2 fully saturated rings. The summed E-state index contributed by atoms with van der Waals surface area (Å²) in [7, 11) is 2.19. The van der Waals surface area contributed by atoms with E-state index in [1.807, 2.05) is 23.1 Å². The fraction of sp³-hybridized carbons (Fsp3) is 0.533. The molecule has 0 spiro atoms. The second-order valence-corrected chi connectivity index (χ2v) is 5.68. The molecule has 0 aliphatic carbocycles. The normalized spacial score (nSPS) is 27.3. The number of carbonyl (C=O) groups is 1. The molecule has 2 aliphatic heterocycles. The number of nitrogens with zero attached hydrogens (tertiary/aromatic N) is 2. The number of para-hydroxylation sites is 1. The third kappa shape index (κ3) is 2.21. The first-order valence-corrected chi connectivity index (χ1v) is 7.02. The van der Waals surface area contributed by atoms with Crippen molar-refractivity contribution >= 4 is 11.6 Å². The maximum Gasteiger partial charge on any atom is 0.255 e. The predicted molar refractivity (Wildman–Crippen MR) is 75.9 cm³/mol. The van der Waals surface area contributed by atoms with E-state index in [2.05, 4.69) is 11.9 Å². The largest absolute Gasteiger partial charge is 0.398 e. The monoisotopic (exact) mass is 259 g/mol. The van der Waals surface area contributed by atoms with E-state index in [1.54, 1.807) is 6.07 Å². The number of carbonyl (C=O) groups excluding carboxylic acids is 1. The van der Waals surface area contributed by atoms with E-state index in [4.69, 9.17) is 5.73 Å². The number of fused-ring (bicyclic) bond motifs is 2. The van der Waals surface area contributed by atoms with E-state index in [9.17, 15) is 4.79 Å². The lowest BCUT2D eigenvalue weighted by atomic mass is 10.1. The Morgan fingerprint density at radius 2 is 1.95 bits per heavy atom. The summed E-state index contributed by atoms with van der Waals surface area (Å²) in [5.74, 6) is 0.0825. The zero-order valence-corrected chi connectivity index (χ0v) is 11.4. The maximum absolute atomic E-state index is 12.6. The number of anilines is 1. The highest BCUT2D eigenvalue weighted by Gasteiger charge is 2.36. The molecule has 4 heteroatoms. The minimum absolute atomic E-state index is 0.0825. The highest BCUT2D eigenvalue weighted by Crippen LogP contribution is 2.29. The van der Waals surface area contributed by atoms with E-state index in [1.165, 1.54) is 12.8 Å². The van der Waals surface area contributed by atoms with Gasteiger partial charge in [0.15, 0.2) is 0 Å². The van der Waals surface area contributed by atoms with Gasteiger partial charge in [0.05, 0.1) is 5.56 Å². The molecule has 1 amide bonds. The van der Waals surface area contributed by atoms with Gasteiger partial charge in [-0.2, -0.15) is 0 Å². The molecule has 2 unspecified atom stereocenters. The molecule has 102 valence electrons. The SMILES string of the molecule is CN1C2CCC1CN(C(=O)c1ccccc1N)CC2. The van der Waals surface area contributed by atoms with Crippen LogP contribution in [-0.4, -0.2) is 47.9 Å². The van der Waals surface area contributed by atoms with Crippen LogP contribution in [0.5, 0.6) is 0 Å². The molecule has 2 aliphatic rings. The molecule has 2 bridgehead atoms. The van der Waals surface area contributed by atoms with Crippen LogP contribution in [-0.2, 0) is 0 Å². The standard InChI is InChI=1S/C15H21N3O/c1-17-11-6-7-12(17)10-18(9-8-11)15(19)13-4-2-3-5-14(13)16/h2-5,11-12H,6-10,16H2,1H3. The predicted octanol–water partition coefficient (Wildman–Crippen LogP) is 1.58. The zero-order chi connectivity index (χ0) is 13.4. The Kier molecular flexibility index (Phi) is 3.19. The summed E-state index contributed by atoms with van der Waals surface area (Å²) >= 11 is 0. The maximum atomic E-state index is 12.6. The Labute approximate surface area is 114 Å². The fourth-order valence-corrected chi connectivity index (χ4v) is 3.36. The Morgan fingerprint density at radius 3 is 2.74 bits per heavy atom. The molecule has 0 aromatic heterocycles. The summed E-state index contributed by atoms with van der Waals surface area (Å²) < 4.78 is 0. The number of rotatable bonds is 1. The molecular formula is C15H21N3O. The Bertz CT molecular complexity index is 488. The van der Waals surface area contributed by atoms with Crippen LogP contribution in [0.3, 0.4) is 0 Å². The van der Waals surface area contributed by atoms with Gasteiger partial charge in [-0.15, -0.1) is 0 Å². The van der Waals surface area contributed by atoms with Crippen molar-refractivity contribution in [2.75, 3.05) is 25.9 Å². The highest BCUT2D eigenvalue weighted by atomic mass is 16.2. The molecule has 2 heterocycles. The molecular weight excluding hydrogens is 238 g/mol. The van der Waals surface area contributed by atoms with Crippen molar-refractivity contribution in [3.8, 4) is 0 Å². The minimum atomic E-state index is 0.0825. The van der Waals surface area contributed by atoms with E-state index >= 15 is 0 Å². The van der Waals surface area contributed by atoms with Crippen molar-refractivity contribution in [1.29, 1.82) is 0 Å². The van der Waals surface area contributed by atoms with Crippen molar-refractivity contribution in [1.82, 2.24) is 9.80 Å². The topological polar surface area (TPSA) is 49.6 Å². The third-order valence-electron chi connectivity index (χ3n) is 4.63. The van der Waals surface area contributed by atoms with E-state index in [0.717, 1.165) is 19.5 Å².